The van der Waals surface area contributed by atoms with E-state index in [1.54, 1.807) is 11.8 Å². The first-order valence-electron chi connectivity index (χ1n) is 4.05. The zero-order chi connectivity index (χ0) is 9.14. The second-order valence-electron chi connectivity index (χ2n) is 3.01. The lowest BCUT2D eigenvalue weighted by Gasteiger charge is -2.10. The van der Waals surface area contributed by atoms with Crippen molar-refractivity contribution in [3.63, 3.8) is 0 Å². The molecule has 0 amide bonds. The molecule has 2 heteroatoms. The van der Waals surface area contributed by atoms with Gasteiger partial charge in [0.05, 0.1) is 0 Å². The van der Waals surface area contributed by atoms with Gasteiger partial charge >= 0.3 is 0 Å². The van der Waals surface area contributed by atoms with E-state index in [0.717, 1.165) is 0 Å². The summed E-state index contributed by atoms with van der Waals surface area (Å²) in [5.74, 6) is 0. The predicted molar refractivity (Wildman–Crippen MR) is 55.6 cm³/mol. The Bertz CT molecular complexity index is 269. The van der Waals surface area contributed by atoms with E-state index < -0.39 is 0 Å². The average Bonchev–Trinajstić information content (AvgIpc) is 2.03. The lowest BCUT2D eigenvalue weighted by Crippen LogP contribution is -2.06. The molecular formula is C10H15NS. The molecule has 0 saturated heterocycles. The van der Waals surface area contributed by atoms with E-state index in [4.69, 9.17) is 5.73 Å². The largest absolute Gasteiger partial charge is 0.324 e. The Morgan fingerprint density at radius 3 is 2.50 bits per heavy atom. The molecule has 1 aromatic rings. The van der Waals surface area contributed by atoms with Gasteiger partial charge in [0, 0.05) is 10.9 Å². The van der Waals surface area contributed by atoms with Gasteiger partial charge in [-0.1, -0.05) is 6.07 Å². The second kappa shape index (κ2) is 3.97. The monoisotopic (exact) mass is 181 g/mol. The van der Waals surface area contributed by atoms with E-state index in [1.165, 1.54) is 16.0 Å². The number of aryl methyl sites for hydroxylation is 1. The Balaban J connectivity index is 3.03. The average molecular weight is 181 g/mol. The predicted octanol–water partition coefficient (Wildman–Crippen LogP) is 2.74. The van der Waals surface area contributed by atoms with Gasteiger partial charge < -0.3 is 5.73 Å². The fraction of sp³-hybridized carbons (Fsp3) is 0.400. The van der Waals surface area contributed by atoms with E-state index in [2.05, 4.69) is 31.4 Å². The maximum absolute atomic E-state index is 5.80. The lowest BCUT2D eigenvalue weighted by molar-refractivity contribution is 0.808. The molecule has 0 aliphatic carbocycles. The molecule has 2 N–H and O–H groups in total. The van der Waals surface area contributed by atoms with Gasteiger partial charge in [-0.25, -0.2) is 0 Å². The minimum absolute atomic E-state index is 0.140. The van der Waals surface area contributed by atoms with Crippen LogP contribution >= 0.6 is 11.8 Å². The molecule has 1 unspecified atom stereocenters. The molecule has 0 heterocycles. The van der Waals surface area contributed by atoms with Crippen molar-refractivity contribution in [1.82, 2.24) is 0 Å². The highest BCUT2D eigenvalue weighted by atomic mass is 32.2. The Labute approximate surface area is 78.4 Å². The first-order chi connectivity index (χ1) is 5.65. The van der Waals surface area contributed by atoms with Crippen LogP contribution in [0.5, 0.6) is 0 Å². The third-order valence-electron chi connectivity index (χ3n) is 1.97. The second-order valence-corrected chi connectivity index (χ2v) is 3.89. The van der Waals surface area contributed by atoms with E-state index in [-0.39, 0.29) is 6.04 Å². The van der Waals surface area contributed by atoms with Crippen LogP contribution in [0, 0.1) is 6.92 Å². The van der Waals surface area contributed by atoms with Gasteiger partial charge in [0.1, 0.15) is 0 Å². The van der Waals surface area contributed by atoms with Gasteiger partial charge in [0.2, 0.25) is 0 Å². The smallest absolute Gasteiger partial charge is 0.0268 e. The summed E-state index contributed by atoms with van der Waals surface area (Å²) in [6.07, 6.45) is 2.08. The molecule has 1 nitrogen and oxygen atoms in total. The molecule has 0 aliphatic heterocycles. The summed E-state index contributed by atoms with van der Waals surface area (Å²) < 4.78 is 0. The van der Waals surface area contributed by atoms with Crippen LogP contribution in [0.2, 0.25) is 0 Å². The lowest BCUT2D eigenvalue weighted by atomic mass is 10.0. The van der Waals surface area contributed by atoms with Gasteiger partial charge in [-0.15, -0.1) is 11.8 Å². The molecule has 1 rings (SSSR count). The third kappa shape index (κ3) is 2.02. The van der Waals surface area contributed by atoms with Crippen molar-refractivity contribution in [2.75, 3.05) is 6.26 Å². The molecule has 0 aliphatic rings. The third-order valence-corrected chi connectivity index (χ3v) is 2.69. The quantitative estimate of drug-likeness (QED) is 0.710. The van der Waals surface area contributed by atoms with Gasteiger partial charge in [-0.3, -0.25) is 0 Å². The van der Waals surface area contributed by atoms with Crippen molar-refractivity contribution in [2.45, 2.75) is 24.8 Å². The number of nitrogens with two attached hydrogens (primary N) is 1. The number of rotatable bonds is 2. The van der Waals surface area contributed by atoms with Crippen LogP contribution < -0.4 is 5.73 Å². The molecule has 0 spiro atoms. The zero-order valence-electron chi connectivity index (χ0n) is 7.79. The Hall–Kier alpha value is -0.470. The van der Waals surface area contributed by atoms with E-state index in [1.807, 2.05) is 6.92 Å². The Kier molecular flexibility index (Phi) is 3.18. The zero-order valence-corrected chi connectivity index (χ0v) is 8.61. The van der Waals surface area contributed by atoms with Gasteiger partial charge in [0.25, 0.3) is 0 Å². The first kappa shape index (κ1) is 9.62. The minimum Gasteiger partial charge on any atom is -0.324 e. The molecule has 12 heavy (non-hydrogen) atoms. The molecule has 0 radical (unpaired) electrons. The fourth-order valence-electron chi connectivity index (χ4n) is 1.29. The van der Waals surface area contributed by atoms with Crippen molar-refractivity contribution >= 4 is 11.8 Å². The molecule has 0 aromatic heterocycles. The van der Waals surface area contributed by atoms with Crippen molar-refractivity contribution in [3.8, 4) is 0 Å². The van der Waals surface area contributed by atoms with Crippen molar-refractivity contribution in [3.05, 3.63) is 29.3 Å². The minimum atomic E-state index is 0.140. The summed E-state index contributed by atoms with van der Waals surface area (Å²) in [5, 5.41) is 0. The normalized spacial score (nSPS) is 13.0. The maximum atomic E-state index is 5.80. The highest BCUT2D eigenvalue weighted by molar-refractivity contribution is 7.98. The summed E-state index contributed by atoms with van der Waals surface area (Å²) in [5.41, 5.74) is 8.33. The molecule has 1 atom stereocenters. The summed E-state index contributed by atoms with van der Waals surface area (Å²) in [7, 11) is 0. The summed E-state index contributed by atoms with van der Waals surface area (Å²) in [6, 6.07) is 6.56. The molecule has 0 fully saturated rings. The van der Waals surface area contributed by atoms with E-state index >= 15 is 0 Å². The first-order valence-corrected chi connectivity index (χ1v) is 5.27. The molecule has 0 saturated carbocycles. The molecule has 66 valence electrons. The van der Waals surface area contributed by atoms with Crippen molar-refractivity contribution < 1.29 is 0 Å². The van der Waals surface area contributed by atoms with Crippen molar-refractivity contribution in [2.24, 2.45) is 5.73 Å². The van der Waals surface area contributed by atoms with Crippen LogP contribution in [-0.2, 0) is 0 Å². The van der Waals surface area contributed by atoms with E-state index in [0.29, 0.717) is 0 Å². The molecule has 1 aromatic carbocycles. The van der Waals surface area contributed by atoms with Gasteiger partial charge in [-0.2, -0.15) is 0 Å². The molecule has 0 bridgehead atoms. The highest BCUT2D eigenvalue weighted by Gasteiger charge is 2.03. The van der Waals surface area contributed by atoms with Crippen LogP contribution in [0.3, 0.4) is 0 Å². The SMILES string of the molecule is CSc1ccc(C(C)N)c(C)c1. The number of hydrogen-bond donors (Lipinski definition) is 1. The Morgan fingerprint density at radius 1 is 1.42 bits per heavy atom. The molecular weight excluding hydrogens is 166 g/mol. The topological polar surface area (TPSA) is 26.0 Å². The van der Waals surface area contributed by atoms with Crippen LogP contribution in [0.4, 0.5) is 0 Å². The highest BCUT2D eigenvalue weighted by Crippen LogP contribution is 2.21. The van der Waals surface area contributed by atoms with E-state index in [9.17, 15) is 0 Å². The van der Waals surface area contributed by atoms with Crippen LogP contribution in [0.15, 0.2) is 23.1 Å². The summed E-state index contributed by atoms with van der Waals surface area (Å²) in [6.45, 7) is 4.12. The summed E-state index contributed by atoms with van der Waals surface area (Å²) in [4.78, 5) is 1.30. The number of hydrogen-bond acceptors (Lipinski definition) is 2. The van der Waals surface area contributed by atoms with Gasteiger partial charge in [-0.05, 0) is 43.4 Å². The summed E-state index contributed by atoms with van der Waals surface area (Å²) >= 11 is 1.76. The number of benzene rings is 1. The van der Waals surface area contributed by atoms with Crippen LogP contribution in [0.1, 0.15) is 24.1 Å². The van der Waals surface area contributed by atoms with Crippen LogP contribution in [-0.4, -0.2) is 6.26 Å². The van der Waals surface area contributed by atoms with Gasteiger partial charge in [0.15, 0.2) is 0 Å². The fourth-order valence-corrected chi connectivity index (χ4v) is 1.78. The standard InChI is InChI=1S/C10H15NS/c1-7-6-9(12-3)4-5-10(7)8(2)11/h4-6,8H,11H2,1-3H3. The van der Waals surface area contributed by atoms with Crippen molar-refractivity contribution in [1.29, 1.82) is 0 Å². The number of thioether (sulfide) groups is 1. The van der Waals surface area contributed by atoms with Crippen LogP contribution in [0.25, 0.3) is 0 Å². The Morgan fingerprint density at radius 2 is 2.08 bits per heavy atom. The maximum Gasteiger partial charge on any atom is 0.0268 e.